The van der Waals surface area contributed by atoms with Gasteiger partial charge in [0.05, 0.1) is 0 Å². The van der Waals surface area contributed by atoms with Crippen LogP contribution in [0.1, 0.15) is 38.3 Å². The van der Waals surface area contributed by atoms with Gasteiger partial charge in [0.25, 0.3) is 0 Å². The van der Waals surface area contributed by atoms with Crippen molar-refractivity contribution >= 4 is 15.9 Å². The van der Waals surface area contributed by atoms with Gasteiger partial charge in [0.1, 0.15) is 0 Å². The van der Waals surface area contributed by atoms with Crippen LogP contribution >= 0.6 is 15.9 Å². The standard InChI is InChI=1S/C13H18BrN/c1-10(15-9-13(2)6-7-13)11-4-3-5-12(14)8-11/h3-5,8,10,15H,6-7,9H2,1-2H3. The molecule has 0 aliphatic heterocycles. The highest BCUT2D eigenvalue weighted by molar-refractivity contribution is 9.10. The zero-order valence-corrected chi connectivity index (χ0v) is 11.0. The van der Waals surface area contributed by atoms with E-state index in [0.29, 0.717) is 11.5 Å². The molecule has 1 aliphatic carbocycles. The highest BCUT2D eigenvalue weighted by Gasteiger charge is 2.36. The van der Waals surface area contributed by atoms with Crippen molar-refractivity contribution in [3.8, 4) is 0 Å². The normalized spacial score (nSPS) is 19.9. The monoisotopic (exact) mass is 267 g/mol. The molecule has 1 aromatic carbocycles. The van der Waals surface area contributed by atoms with Crippen molar-refractivity contribution in [2.75, 3.05) is 6.54 Å². The first kappa shape index (κ1) is 11.2. The third-order valence-electron chi connectivity index (χ3n) is 3.29. The van der Waals surface area contributed by atoms with Gasteiger partial charge in [-0.1, -0.05) is 35.0 Å². The summed E-state index contributed by atoms with van der Waals surface area (Å²) in [5.41, 5.74) is 1.94. The fourth-order valence-corrected chi connectivity index (χ4v) is 2.10. The second kappa shape index (κ2) is 4.26. The van der Waals surface area contributed by atoms with E-state index >= 15 is 0 Å². The molecular weight excluding hydrogens is 250 g/mol. The summed E-state index contributed by atoms with van der Waals surface area (Å²) in [7, 11) is 0. The Hall–Kier alpha value is -0.340. The average Bonchev–Trinajstić information content (AvgIpc) is 2.94. The Bertz CT molecular complexity index is 344. The lowest BCUT2D eigenvalue weighted by atomic mass is 10.1. The zero-order chi connectivity index (χ0) is 10.9. The zero-order valence-electron chi connectivity index (χ0n) is 9.39. The maximum absolute atomic E-state index is 3.61. The first-order valence-corrected chi connectivity index (χ1v) is 6.37. The molecule has 1 fully saturated rings. The summed E-state index contributed by atoms with van der Waals surface area (Å²) in [6, 6.07) is 8.97. The van der Waals surface area contributed by atoms with Crippen LogP contribution < -0.4 is 5.32 Å². The molecule has 1 saturated carbocycles. The van der Waals surface area contributed by atoms with Gasteiger partial charge >= 0.3 is 0 Å². The van der Waals surface area contributed by atoms with E-state index in [-0.39, 0.29) is 0 Å². The van der Waals surface area contributed by atoms with E-state index in [1.54, 1.807) is 0 Å². The Morgan fingerprint density at radius 2 is 2.20 bits per heavy atom. The second-order valence-electron chi connectivity index (χ2n) is 4.97. The molecule has 0 radical (unpaired) electrons. The van der Waals surface area contributed by atoms with Gasteiger partial charge in [0.2, 0.25) is 0 Å². The predicted octanol–water partition coefficient (Wildman–Crippen LogP) is 3.90. The fourth-order valence-electron chi connectivity index (χ4n) is 1.68. The molecule has 1 aliphatic rings. The summed E-state index contributed by atoms with van der Waals surface area (Å²) in [5, 5.41) is 3.61. The van der Waals surface area contributed by atoms with Gasteiger partial charge in [0, 0.05) is 17.1 Å². The molecule has 1 atom stereocenters. The molecule has 2 heteroatoms. The number of benzene rings is 1. The minimum atomic E-state index is 0.444. The predicted molar refractivity (Wildman–Crippen MR) is 67.9 cm³/mol. The van der Waals surface area contributed by atoms with Gasteiger partial charge < -0.3 is 5.32 Å². The van der Waals surface area contributed by atoms with Crippen LogP contribution in [0.15, 0.2) is 28.7 Å². The van der Waals surface area contributed by atoms with Gasteiger partial charge in [-0.15, -0.1) is 0 Å². The van der Waals surface area contributed by atoms with Crippen LogP contribution in [-0.4, -0.2) is 6.54 Å². The molecule has 0 heterocycles. The SMILES string of the molecule is CC(NCC1(C)CC1)c1cccc(Br)c1. The second-order valence-corrected chi connectivity index (χ2v) is 5.88. The molecule has 0 spiro atoms. The molecule has 1 unspecified atom stereocenters. The maximum atomic E-state index is 3.61. The van der Waals surface area contributed by atoms with Crippen LogP contribution in [0.2, 0.25) is 0 Å². The lowest BCUT2D eigenvalue weighted by Crippen LogP contribution is -2.25. The summed E-state index contributed by atoms with van der Waals surface area (Å²) in [6.45, 7) is 5.72. The fraction of sp³-hybridized carbons (Fsp3) is 0.538. The number of hydrogen-bond acceptors (Lipinski definition) is 1. The summed E-state index contributed by atoms with van der Waals surface area (Å²) in [6.07, 6.45) is 2.76. The molecule has 0 bridgehead atoms. The lowest BCUT2D eigenvalue weighted by molar-refractivity contribution is 0.457. The highest BCUT2D eigenvalue weighted by Crippen LogP contribution is 2.44. The minimum absolute atomic E-state index is 0.444. The van der Waals surface area contributed by atoms with Crippen LogP contribution in [0.4, 0.5) is 0 Å². The molecule has 1 nitrogen and oxygen atoms in total. The maximum Gasteiger partial charge on any atom is 0.0292 e. The van der Waals surface area contributed by atoms with Crippen LogP contribution in [0.25, 0.3) is 0 Å². The van der Waals surface area contributed by atoms with Crippen molar-refractivity contribution in [3.63, 3.8) is 0 Å². The van der Waals surface area contributed by atoms with Crippen LogP contribution in [0, 0.1) is 5.41 Å². The van der Waals surface area contributed by atoms with Gasteiger partial charge in [-0.05, 0) is 42.9 Å². The van der Waals surface area contributed by atoms with E-state index in [9.17, 15) is 0 Å². The molecule has 1 N–H and O–H groups in total. The summed E-state index contributed by atoms with van der Waals surface area (Å²) >= 11 is 3.51. The smallest absolute Gasteiger partial charge is 0.0292 e. The van der Waals surface area contributed by atoms with Crippen molar-refractivity contribution in [2.24, 2.45) is 5.41 Å². The van der Waals surface area contributed by atoms with E-state index in [0.717, 1.165) is 11.0 Å². The molecule has 0 saturated heterocycles. The Morgan fingerprint density at radius 1 is 1.47 bits per heavy atom. The minimum Gasteiger partial charge on any atom is -0.310 e. The average molecular weight is 268 g/mol. The van der Waals surface area contributed by atoms with E-state index in [1.807, 2.05) is 0 Å². The Labute approximate surface area is 100 Å². The Morgan fingerprint density at radius 3 is 2.80 bits per heavy atom. The van der Waals surface area contributed by atoms with Crippen molar-refractivity contribution in [2.45, 2.75) is 32.7 Å². The Kier molecular flexibility index (Phi) is 3.17. The molecule has 1 aromatic rings. The Balaban J connectivity index is 1.92. The molecule has 2 rings (SSSR count). The molecule has 15 heavy (non-hydrogen) atoms. The first-order valence-electron chi connectivity index (χ1n) is 5.58. The number of rotatable bonds is 4. The van der Waals surface area contributed by atoms with Crippen molar-refractivity contribution in [1.29, 1.82) is 0 Å². The third kappa shape index (κ3) is 3.05. The van der Waals surface area contributed by atoms with E-state index in [1.165, 1.54) is 18.4 Å². The van der Waals surface area contributed by atoms with E-state index < -0.39 is 0 Å². The lowest BCUT2D eigenvalue weighted by Gasteiger charge is -2.17. The first-order chi connectivity index (χ1) is 7.09. The van der Waals surface area contributed by atoms with Crippen LogP contribution in [0.5, 0.6) is 0 Å². The molecule has 0 aromatic heterocycles. The molecule has 0 amide bonds. The number of halogens is 1. The molecular formula is C13H18BrN. The summed E-state index contributed by atoms with van der Waals surface area (Å²) < 4.78 is 1.16. The number of nitrogens with one attached hydrogen (secondary N) is 1. The largest absolute Gasteiger partial charge is 0.310 e. The van der Waals surface area contributed by atoms with Gasteiger partial charge in [0.15, 0.2) is 0 Å². The van der Waals surface area contributed by atoms with E-state index in [4.69, 9.17) is 0 Å². The topological polar surface area (TPSA) is 12.0 Å². The van der Waals surface area contributed by atoms with E-state index in [2.05, 4.69) is 59.4 Å². The van der Waals surface area contributed by atoms with Crippen molar-refractivity contribution in [1.82, 2.24) is 5.32 Å². The summed E-state index contributed by atoms with van der Waals surface area (Å²) in [5.74, 6) is 0. The number of hydrogen-bond donors (Lipinski definition) is 1. The highest BCUT2D eigenvalue weighted by atomic mass is 79.9. The molecule has 82 valence electrons. The van der Waals surface area contributed by atoms with Crippen LogP contribution in [0.3, 0.4) is 0 Å². The van der Waals surface area contributed by atoms with Crippen molar-refractivity contribution < 1.29 is 0 Å². The van der Waals surface area contributed by atoms with Gasteiger partial charge in [-0.3, -0.25) is 0 Å². The van der Waals surface area contributed by atoms with Gasteiger partial charge in [-0.2, -0.15) is 0 Å². The van der Waals surface area contributed by atoms with Crippen LogP contribution in [-0.2, 0) is 0 Å². The summed E-state index contributed by atoms with van der Waals surface area (Å²) in [4.78, 5) is 0. The quantitative estimate of drug-likeness (QED) is 0.873. The van der Waals surface area contributed by atoms with Gasteiger partial charge in [-0.25, -0.2) is 0 Å². The van der Waals surface area contributed by atoms with Crippen molar-refractivity contribution in [3.05, 3.63) is 34.3 Å². The third-order valence-corrected chi connectivity index (χ3v) is 3.78.